The third kappa shape index (κ3) is 3.80. The van der Waals surface area contributed by atoms with Crippen molar-refractivity contribution in [3.8, 4) is 11.8 Å². The summed E-state index contributed by atoms with van der Waals surface area (Å²) in [6.45, 7) is 3.16. The molecule has 0 fully saturated rings. The molecule has 1 rings (SSSR count). The van der Waals surface area contributed by atoms with Crippen molar-refractivity contribution in [2.75, 3.05) is 19.0 Å². The van der Waals surface area contributed by atoms with Gasteiger partial charge in [-0.25, -0.2) is 4.39 Å². The van der Waals surface area contributed by atoms with Crippen molar-refractivity contribution in [3.05, 3.63) is 29.6 Å². The fourth-order valence-corrected chi connectivity index (χ4v) is 1.49. The number of benzene rings is 1. The summed E-state index contributed by atoms with van der Waals surface area (Å²) >= 11 is 0. The Morgan fingerprint density at radius 2 is 2.25 bits per heavy atom. The van der Waals surface area contributed by atoms with Crippen molar-refractivity contribution in [1.29, 1.82) is 0 Å². The van der Waals surface area contributed by atoms with E-state index in [2.05, 4.69) is 17.2 Å². The Bertz CT molecular complexity index is 542. The van der Waals surface area contributed by atoms with Gasteiger partial charge < -0.3 is 15.2 Å². The molecular formula is C15H18FNO3. The normalized spacial score (nSPS) is 13.1. The van der Waals surface area contributed by atoms with Crippen LogP contribution in [0.25, 0.3) is 0 Å². The maximum absolute atomic E-state index is 13.5. The molecular weight excluding hydrogens is 261 g/mol. The number of nitrogens with one attached hydrogen (secondary N) is 1. The molecule has 0 spiro atoms. The van der Waals surface area contributed by atoms with Gasteiger partial charge in [0.1, 0.15) is 18.0 Å². The molecule has 0 aliphatic carbocycles. The summed E-state index contributed by atoms with van der Waals surface area (Å²) in [5, 5.41) is 11.3. The van der Waals surface area contributed by atoms with Gasteiger partial charge in [0.25, 0.3) is 5.91 Å². The molecule has 0 radical (unpaired) electrons. The first-order valence-corrected chi connectivity index (χ1v) is 6.22. The van der Waals surface area contributed by atoms with Gasteiger partial charge in [0, 0.05) is 12.8 Å². The Kier molecular flexibility index (Phi) is 5.68. The van der Waals surface area contributed by atoms with Crippen LogP contribution >= 0.6 is 0 Å². The van der Waals surface area contributed by atoms with Crippen molar-refractivity contribution in [2.45, 2.75) is 25.9 Å². The van der Waals surface area contributed by atoms with Crippen LogP contribution in [0.3, 0.4) is 0 Å². The van der Waals surface area contributed by atoms with E-state index in [0.717, 1.165) is 0 Å². The molecule has 1 atom stereocenters. The van der Waals surface area contributed by atoms with E-state index in [1.165, 1.54) is 25.3 Å². The second-order valence-corrected chi connectivity index (χ2v) is 4.40. The molecule has 20 heavy (non-hydrogen) atoms. The summed E-state index contributed by atoms with van der Waals surface area (Å²) in [5.41, 5.74) is -0.395. The van der Waals surface area contributed by atoms with Crippen LogP contribution in [0.5, 0.6) is 0 Å². The standard InChI is InChI=1S/C15H18FNO3/c1-4-15(2,20-3)14(19)17-12-7-8-13(16)11(10-12)6-5-9-18/h7-8,10,18H,4,9H2,1-3H3,(H,17,19). The molecule has 4 nitrogen and oxygen atoms in total. The van der Waals surface area contributed by atoms with Crippen LogP contribution in [0.1, 0.15) is 25.8 Å². The molecule has 108 valence electrons. The Hall–Kier alpha value is -1.90. The van der Waals surface area contributed by atoms with Gasteiger partial charge in [0.2, 0.25) is 0 Å². The molecule has 0 saturated heterocycles. The van der Waals surface area contributed by atoms with E-state index in [1.54, 1.807) is 6.92 Å². The van der Waals surface area contributed by atoms with Crippen LogP contribution in [-0.2, 0) is 9.53 Å². The van der Waals surface area contributed by atoms with Gasteiger partial charge in [-0.05, 0) is 31.5 Å². The topological polar surface area (TPSA) is 58.6 Å². The molecule has 0 heterocycles. The predicted octanol–water partition coefficient (Wildman–Crippen LogP) is 1.92. The van der Waals surface area contributed by atoms with Crippen LogP contribution in [-0.4, -0.2) is 30.3 Å². The summed E-state index contributed by atoms with van der Waals surface area (Å²) in [4.78, 5) is 12.1. The van der Waals surface area contributed by atoms with Crippen LogP contribution in [0, 0.1) is 17.7 Å². The summed E-state index contributed by atoms with van der Waals surface area (Å²) in [5.74, 6) is 4.04. The van der Waals surface area contributed by atoms with Crippen molar-refractivity contribution >= 4 is 11.6 Å². The predicted molar refractivity (Wildman–Crippen MR) is 74.7 cm³/mol. The Morgan fingerprint density at radius 1 is 1.55 bits per heavy atom. The molecule has 0 aliphatic heterocycles. The Morgan fingerprint density at radius 3 is 2.80 bits per heavy atom. The van der Waals surface area contributed by atoms with Gasteiger partial charge in [-0.3, -0.25) is 4.79 Å². The lowest BCUT2D eigenvalue weighted by Gasteiger charge is -2.25. The molecule has 1 aromatic rings. The minimum Gasteiger partial charge on any atom is -0.384 e. The van der Waals surface area contributed by atoms with E-state index in [-0.39, 0.29) is 18.1 Å². The fraction of sp³-hybridized carbons (Fsp3) is 0.400. The minimum absolute atomic E-state index is 0.118. The number of halogens is 1. The summed E-state index contributed by atoms with van der Waals surface area (Å²) in [6.07, 6.45) is 0.508. The molecule has 5 heteroatoms. The van der Waals surface area contributed by atoms with Crippen LogP contribution in [0.2, 0.25) is 0 Å². The molecule has 0 aromatic heterocycles. The zero-order valence-electron chi connectivity index (χ0n) is 11.8. The Balaban J connectivity index is 2.96. The SMILES string of the molecule is CCC(C)(OC)C(=O)Nc1ccc(F)c(C#CCO)c1. The number of amides is 1. The first kappa shape index (κ1) is 16.2. The Labute approximate surface area is 117 Å². The molecule has 1 amide bonds. The number of aliphatic hydroxyl groups is 1. The number of carbonyl (C=O) groups excluding carboxylic acids is 1. The van der Waals surface area contributed by atoms with Gasteiger partial charge in [0.15, 0.2) is 0 Å². The summed E-state index contributed by atoms with van der Waals surface area (Å²) in [6, 6.07) is 4.08. The number of hydrogen-bond donors (Lipinski definition) is 2. The lowest BCUT2D eigenvalue weighted by atomic mass is 10.0. The fourth-order valence-electron chi connectivity index (χ4n) is 1.49. The van der Waals surface area contributed by atoms with Gasteiger partial charge in [-0.1, -0.05) is 18.8 Å². The summed E-state index contributed by atoms with van der Waals surface area (Å²) in [7, 11) is 1.46. The lowest BCUT2D eigenvalue weighted by Crippen LogP contribution is -2.41. The first-order valence-electron chi connectivity index (χ1n) is 6.22. The van der Waals surface area contributed by atoms with Gasteiger partial charge in [-0.15, -0.1) is 0 Å². The number of anilines is 1. The van der Waals surface area contributed by atoms with Crippen molar-refractivity contribution < 1.29 is 19.0 Å². The second kappa shape index (κ2) is 7.04. The molecule has 2 N–H and O–H groups in total. The van der Waals surface area contributed by atoms with Crippen LogP contribution in [0.15, 0.2) is 18.2 Å². The van der Waals surface area contributed by atoms with E-state index in [1.807, 2.05) is 6.92 Å². The zero-order chi connectivity index (χ0) is 15.2. The highest BCUT2D eigenvalue weighted by Crippen LogP contribution is 2.19. The quantitative estimate of drug-likeness (QED) is 0.828. The smallest absolute Gasteiger partial charge is 0.256 e. The third-order valence-corrected chi connectivity index (χ3v) is 3.13. The highest BCUT2D eigenvalue weighted by molar-refractivity contribution is 5.97. The lowest BCUT2D eigenvalue weighted by molar-refractivity contribution is -0.136. The van der Waals surface area contributed by atoms with Gasteiger partial charge in [0.05, 0.1) is 5.56 Å². The number of aliphatic hydroxyl groups excluding tert-OH is 1. The van der Waals surface area contributed by atoms with Crippen molar-refractivity contribution in [2.24, 2.45) is 0 Å². The summed E-state index contributed by atoms with van der Waals surface area (Å²) < 4.78 is 18.7. The molecule has 1 unspecified atom stereocenters. The van der Waals surface area contributed by atoms with Gasteiger partial charge >= 0.3 is 0 Å². The van der Waals surface area contributed by atoms with Crippen LogP contribution < -0.4 is 5.32 Å². The van der Waals surface area contributed by atoms with E-state index >= 15 is 0 Å². The molecule has 1 aromatic carbocycles. The maximum atomic E-state index is 13.5. The molecule has 0 saturated carbocycles. The van der Waals surface area contributed by atoms with Crippen LogP contribution in [0.4, 0.5) is 10.1 Å². The minimum atomic E-state index is -0.939. The number of methoxy groups -OCH3 is 1. The van der Waals surface area contributed by atoms with E-state index < -0.39 is 11.4 Å². The average Bonchev–Trinajstić information content (AvgIpc) is 2.46. The third-order valence-electron chi connectivity index (χ3n) is 3.13. The maximum Gasteiger partial charge on any atom is 0.256 e. The monoisotopic (exact) mass is 279 g/mol. The number of hydrogen-bond acceptors (Lipinski definition) is 3. The van der Waals surface area contributed by atoms with E-state index in [4.69, 9.17) is 9.84 Å². The number of ether oxygens (including phenoxy) is 1. The van der Waals surface area contributed by atoms with E-state index in [9.17, 15) is 9.18 Å². The second-order valence-electron chi connectivity index (χ2n) is 4.40. The molecule has 0 aliphatic rings. The largest absolute Gasteiger partial charge is 0.384 e. The first-order chi connectivity index (χ1) is 9.46. The average molecular weight is 279 g/mol. The number of rotatable bonds is 4. The zero-order valence-corrected chi connectivity index (χ0v) is 11.8. The molecule has 0 bridgehead atoms. The highest BCUT2D eigenvalue weighted by Gasteiger charge is 2.30. The van der Waals surface area contributed by atoms with Crippen molar-refractivity contribution in [3.63, 3.8) is 0 Å². The highest BCUT2D eigenvalue weighted by atomic mass is 19.1. The number of carbonyl (C=O) groups is 1. The van der Waals surface area contributed by atoms with Gasteiger partial charge in [-0.2, -0.15) is 0 Å². The van der Waals surface area contributed by atoms with E-state index in [0.29, 0.717) is 12.1 Å². The van der Waals surface area contributed by atoms with Crippen molar-refractivity contribution in [1.82, 2.24) is 0 Å².